The summed E-state index contributed by atoms with van der Waals surface area (Å²) in [6.45, 7) is 2.26. The number of rotatable bonds is 4. The monoisotopic (exact) mass is 258 g/mol. The van der Waals surface area contributed by atoms with Crippen LogP contribution < -0.4 is 5.32 Å². The molecular weight excluding hydrogens is 244 g/mol. The number of nitro groups is 1. The maximum Gasteiger partial charge on any atom is 0.274 e. The van der Waals surface area contributed by atoms with E-state index in [4.69, 9.17) is 0 Å². The van der Waals surface area contributed by atoms with Gasteiger partial charge in [0.05, 0.1) is 4.92 Å². The van der Waals surface area contributed by atoms with Crippen LogP contribution >= 0.6 is 0 Å². The first kappa shape index (κ1) is 12.9. The van der Waals surface area contributed by atoms with Gasteiger partial charge in [-0.25, -0.2) is 0 Å². The smallest absolute Gasteiger partial charge is 0.274 e. The minimum atomic E-state index is -0.388. The molecule has 2 N–H and O–H groups in total. The number of phenolic OH excluding ortho intramolecular Hbond substituents is 1. The summed E-state index contributed by atoms with van der Waals surface area (Å²) in [6.07, 6.45) is 0. The molecule has 5 heteroatoms. The lowest BCUT2D eigenvalue weighted by atomic mass is 10.1. The van der Waals surface area contributed by atoms with Crippen LogP contribution in [0.25, 0.3) is 0 Å². The Bertz CT molecular complexity index is 594. The Hall–Kier alpha value is -2.56. The third kappa shape index (κ3) is 3.01. The van der Waals surface area contributed by atoms with E-state index in [2.05, 4.69) is 5.32 Å². The SMILES string of the molecule is Cc1c(NCc2ccc(O)cc2)cccc1[N+](=O)[O-]. The molecule has 19 heavy (non-hydrogen) atoms. The molecule has 0 heterocycles. The topological polar surface area (TPSA) is 75.4 Å². The molecule has 2 aromatic carbocycles. The van der Waals surface area contributed by atoms with E-state index >= 15 is 0 Å². The Kier molecular flexibility index (Phi) is 3.66. The van der Waals surface area contributed by atoms with E-state index in [0.29, 0.717) is 12.1 Å². The van der Waals surface area contributed by atoms with Gasteiger partial charge in [0.2, 0.25) is 0 Å². The van der Waals surface area contributed by atoms with Crippen LogP contribution in [-0.2, 0) is 6.54 Å². The van der Waals surface area contributed by atoms with E-state index in [0.717, 1.165) is 11.3 Å². The zero-order valence-corrected chi connectivity index (χ0v) is 10.5. The molecule has 0 aliphatic carbocycles. The van der Waals surface area contributed by atoms with E-state index in [1.807, 2.05) is 6.07 Å². The molecule has 0 fully saturated rings. The van der Waals surface area contributed by atoms with Gasteiger partial charge in [-0.05, 0) is 30.7 Å². The number of hydrogen-bond acceptors (Lipinski definition) is 4. The highest BCUT2D eigenvalue weighted by Crippen LogP contribution is 2.25. The van der Waals surface area contributed by atoms with Crippen LogP contribution in [0.5, 0.6) is 5.75 Å². The minimum Gasteiger partial charge on any atom is -0.508 e. The molecule has 2 rings (SSSR count). The predicted octanol–water partition coefficient (Wildman–Crippen LogP) is 3.22. The number of benzene rings is 2. The van der Waals surface area contributed by atoms with Crippen LogP contribution in [0, 0.1) is 17.0 Å². The van der Waals surface area contributed by atoms with E-state index < -0.39 is 0 Å². The Balaban J connectivity index is 2.13. The average Bonchev–Trinajstić information content (AvgIpc) is 2.39. The zero-order chi connectivity index (χ0) is 13.8. The predicted molar refractivity (Wildman–Crippen MR) is 73.3 cm³/mol. The Morgan fingerprint density at radius 1 is 1.21 bits per heavy atom. The van der Waals surface area contributed by atoms with Crippen molar-refractivity contribution < 1.29 is 10.0 Å². The van der Waals surface area contributed by atoms with Crippen LogP contribution in [0.2, 0.25) is 0 Å². The Labute approximate surface area is 110 Å². The van der Waals surface area contributed by atoms with Crippen molar-refractivity contribution in [2.45, 2.75) is 13.5 Å². The number of phenols is 1. The summed E-state index contributed by atoms with van der Waals surface area (Å²) in [4.78, 5) is 10.4. The number of aromatic hydroxyl groups is 1. The molecule has 0 spiro atoms. The molecule has 0 saturated heterocycles. The second-order valence-electron chi connectivity index (χ2n) is 4.23. The Morgan fingerprint density at radius 3 is 2.53 bits per heavy atom. The van der Waals surface area contributed by atoms with E-state index in [9.17, 15) is 15.2 Å². The number of nitrogens with zero attached hydrogens (tertiary/aromatic N) is 1. The van der Waals surface area contributed by atoms with Gasteiger partial charge in [-0.15, -0.1) is 0 Å². The van der Waals surface area contributed by atoms with E-state index in [1.54, 1.807) is 37.3 Å². The molecular formula is C14H14N2O3. The van der Waals surface area contributed by atoms with E-state index in [-0.39, 0.29) is 16.4 Å². The summed E-state index contributed by atoms with van der Waals surface area (Å²) in [6, 6.07) is 11.8. The van der Waals surface area contributed by atoms with Gasteiger partial charge >= 0.3 is 0 Å². The fraction of sp³-hybridized carbons (Fsp3) is 0.143. The second-order valence-corrected chi connectivity index (χ2v) is 4.23. The van der Waals surface area contributed by atoms with Gasteiger partial charge in [-0.1, -0.05) is 18.2 Å². The Morgan fingerprint density at radius 2 is 1.89 bits per heavy atom. The third-order valence-electron chi connectivity index (χ3n) is 2.92. The van der Waals surface area contributed by atoms with Crippen molar-refractivity contribution in [1.29, 1.82) is 0 Å². The van der Waals surface area contributed by atoms with Crippen molar-refractivity contribution in [1.82, 2.24) is 0 Å². The lowest BCUT2D eigenvalue weighted by molar-refractivity contribution is -0.385. The quantitative estimate of drug-likeness (QED) is 0.652. The van der Waals surface area contributed by atoms with Gasteiger partial charge in [0.25, 0.3) is 5.69 Å². The maximum absolute atomic E-state index is 10.8. The van der Waals surface area contributed by atoms with Crippen molar-refractivity contribution in [3.05, 3.63) is 63.7 Å². The average molecular weight is 258 g/mol. The standard InChI is InChI=1S/C14H14N2O3/c1-10-13(3-2-4-14(10)16(18)19)15-9-11-5-7-12(17)8-6-11/h2-8,15,17H,9H2,1H3. The summed E-state index contributed by atoms with van der Waals surface area (Å²) < 4.78 is 0. The van der Waals surface area contributed by atoms with Gasteiger partial charge in [0, 0.05) is 23.9 Å². The molecule has 5 nitrogen and oxygen atoms in total. The molecule has 0 unspecified atom stereocenters. The van der Waals surface area contributed by atoms with Crippen molar-refractivity contribution >= 4 is 11.4 Å². The molecule has 0 aromatic heterocycles. The number of anilines is 1. The fourth-order valence-corrected chi connectivity index (χ4v) is 1.82. The summed E-state index contributed by atoms with van der Waals surface area (Å²) in [7, 11) is 0. The molecule has 98 valence electrons. The van der Waals surface area contributed by atoms with Gasteiger partial charge < -0.3 is 10.4 Å². The van der Waals surface area contributed by atoms with Gasteiger partial charge in [-0.2, -0.15) is 0 Å². The van der Waals surface area contributed by atoms with Crippen LogP contribution in [-0.4, -0.2) is 10.0 Å². The van der Waals surface area contributed by atoms with Crippen LogP contribution in [0.15, 0.2) is 42.5 Å². The highest BCUT2D eigenvalue weighted by Gasteiger charge is 2.12. The van der Waals surface area contributed by atoms with Crippen LogP contribution in [0.1, 0.15) is 11.1 Å². The number of hydrogen-bond donors (Lipinski definition) is 2. The summed E-state index contributed by atoms with van der Waals surface area (Å²) in [5, 5.41) is 23.2. The highest BCUT2D eigenvalue weighted by atomic mass is 16.6. The maximum atomic E-state index is 10.8. The van der Waals surface area contributed by atoms with Crippen molar-refractivity contribution in [3.8, 4) is 5.75 Å². The van der Waals surface area contributed by atoms with Crippen molar-refractivity contribution in [2.24, 2.45) is 0 Å². The third-order valence-corrected chi connectivity index (χ3v) is 2.92. The first-order valence-corrected chi connectivity index (χ1v) is 5.83. The normalized spacial score (nSPS) is 10.2. The number of nitro benzene ring substituents is 1. The lowest BCUT2D eigenvalue weighted by Gasteiger charge is -2.09. The van der Waals surface area contributed by atoms with Gasteiger partial charge in [0.1, 0.15) is 5.75 Å². The summed E-state index contributed by atoms with van der Waals surface area (Å²) in [5.74, 6) is 0.218. The van der Waals surface area contributed by atoms with Gasteiger partial charge in [0.15, 0.2) is 0 Å². The van der Waals surface area contributed by atoms with Gasteiger partial charge in [-0.3, -0.25) is 10.1 Å². The number of nitrogens with one attached hydrogen (secondary N) is 1. The molecule has 0 aliphatic rings. The first-order chi connectivity index (χ1) is 9.08. The van der Waals surface area contributed by atoms with Crippen LogP contribution in [0.3, 0.4) is 0 Å². The summed E-state index contributed by atoms with van der Waals surface area (Å²) in [5.41, 5.74) is 2.45. The van der Waals surface area contributed by atoms with Crippen molar-refractivity contribution in [2.75, 3.05) is 5.32 Å². The van der Waals surface area contributed by atoms with E-state index in [1.165, 1.54) is 6.07 Å². The summed E-state index contributed by atoms with van der Waals surface area (Å²) >= 11 is 0. The highest BCUT2D eigenvalue weighted by molar-refractivity contribution is 5.59. The molecule has 2 aromatic rings. The fourth-order valence-electron chi connectivity index (χ4n) is 1.82. The zero-order valence-electron chi connectivity index (χ0n) is 10.5. The van der Waals surface area contributed by atoms with Crippen molar-refractivity contribution in [3.63, 3.8) is 0 Å². The molecule has 0 bridgehead atoms. The first-order valence-electron chi connectivity index (χ1n) is 5.83. The molecule has 0 saturated carbocycles. The molecule has 0 aliphatic heterocycles. The second kappa shape index (κ2) is 5.39. The molecule has 0 amide bonds. The largest absolute Gasteiger partial charge is 0.508 e. The van der Waals surface area contributed by atoms with Crippen LogP contribution in [0.4, 0.5) is 11.4 Å². The molecule has 0 atom stereocenters. The lowest BCUT2D eigenvalue weighted by Crippen LogP contribution is -2.02. The molecule has 0 radical (unpaired) electrons. The minimum absolute atomic E-state index is 0.107.